The van der Waals surface area contributed by atoms with Gasteiger partial charge in [0.05, 0.1) is 41.9 Å². The third-order valence-corrected chi connectivity index (χ3v) is 23.1. The topological polar surface area (TPSA) is 311 Å². The molecule has 0 spiro atoms. The molecule has 4 aliphatic rings. The van der Waals surface area contributed by atoms with Crippen LogP contribution in [0.5, 0.6) is 5.75 Å². The molecule has 6 aromatic rings. The van der Waals surface area contributed by atoms with Gasteiger partial charge in [-0.05, 0) is 147 Å². The molecule has 1 unspecified atom stereocenters. The van der Waals surface area contributed by atoms with E-state index in [4.69, 9.17) is 49.8 Å². The van der Waals surface area contributed by atoms with Crippen molar-refractivity contribution in [1.82, 2.24) is 20.5 Å². The summed E-state index contributed by atoms with van der Waals surface area (Å²) in [5.74, 6) is -9.53. The lowest BCUT2D eigenvalue weighted by Gasteiger charge is -2.62. The number of aromatic nitrogens is 1. The molecule has 23 nitrogen and oxygen atoms in total. The molecule has 13 atom stereocenters. The lowest BCUT2D eigenvalue weighted by molar-refractivity contribution is -0.258. The molecule has 108 heavy (non-hydrogen) atoms. The van der Waals surface area contributed by atoms with E-state index in [1.807, 2.05) is 18.2 Å². The van der Waals surface area contributed by atoms with Crippen LogP contribution in [0.1, 0.15) is 143 Å². The Bertz CT molecular complexity index is 4300. The maximum Gasteiger partial charge on any atom is 0.350 e. The Labute approximate surface area is 639 Å². The average molecular weight is 1540 g/mol. The normalized spacial score (nSPS) is 23.9. The second-order valence-corrected chi connectivity index (χ2v) is 30.6. The van der Waals surface area contributed by atoms with Gasteiger partial charge in [0, 0.05) is 91.9 Å². The Morgan fingerprint density at radius 2 is 1.48 bits per heavy atom. The maximum atomic E-state index is 16.2. The number of aliphatic hydroxyl groups is 2. The van der Waals surface area contributed by atoms with E-state index >= 15 is 23.6 Å². The predicted octanol–water partition coefficient (Wildman–Crippen LogP) is 11.1. The van der Waals surface area contributed by atoms with E-state index in [1.165, 1.54) is 104 Å². The molecule has 3 amide bonds. The van der Waals surface area contributed by atoms with Crippen LogP contribution in [0, 0.1) is 22.6 Å². The summed E-state index contributed by atoms with van der Waals surface area (Å²) in [6.45, 7) is 9.90. The fourth-order valence-corrected chi connectivity index (χ4v) is 17.1. The number of carbonyl (C=O) groups is 9. The Kier molecular flexibility index (Phi) is 27.3. The number of carbonyl (C=O) groups excluding carboxylic acids is 9. The lowest BCUT2D eigenvalue weighted by Crippen LogP contribution is -2.74. The molecule has 1 saturated heterocycles. The van der Waals surface area contributed by atoms with Crippen LogP contribution in [0.2, 0.25) is 5.02 Å². The molecule has 10 rings (SSSR count). The predicted molar refractivity (Wildman–Crippen MR) is 401 cm³/mol. The molecular formula is C81H89ClFN5O18S2. The molecule has 572 valence electrons. The molecule has 2 saturated carbocycles. The van der Waals surface area contributed by atoms with Gasteiger partial charge in [0.15, 0.2) is 11.9 Å². The largest absolute Gasteiger partial charge is 0.496 e. The Morgan fingerprint density at radius 3 is 2.13 bits per heavy atom. The smallest absolute Gasteiger partial charge is 0.350 e. The minimum absolute atomic E-state index is 0.000665. The lowest BCUT2D eigenvalue weighted by atomic mass is 9.47. The molecule has 3 fully saturated rings. The van der Waals surface area contributed by atoms with Crippen LogP contribution in [-0.2, 0) is 62.0 Å². The second kappa shape index (κ2) is 36.3. The number of amides is 3. The van der Waals surface area contributed by atoms with E-state index in [2.05, 4.69) is 15.6 Å². The minimum atomic E-state index is -2.61. The number of benzene rings is 5. The number of aliphatic hydroxyl groups excluding tert-OH is 1. The zero-order valence-corrected chi connectivity index (χ0v) is 63.6. The summed E-state index contributed by atoms with van der Waals surface area (Å²) in [7, 11) is 4.35. The summed E-state index contributed by atoms with van der Waals surface area (Å²) in [6.07, 6.45) is -10.6. The van der Waals surface area contributed by atoms with E-state index in [0.717, 1.165) is 18.9 Å². The number of ketones is 1. The molecule has 4 N–H and O–H groups in total. The zero-order valence-electron chi connectivity index (χ0n) is 61.2. The van der Waals surface area contributed by atoms with Crippen molar-refractivity contribution in [2.45, 2.75) is 171 Å². The Balaban J connectivity index is 1.05. The van der Waals surface area contributed by atoms with Crippen LogP contribution < -0.4 is 15.4 Å². The highest BCUT2D eigenvalue weighted by atomic mass is 35.5. The van der Waals surface area contributed by atoms with Crippen LogP contribution in [0.15, 0.2) is 179 Å². The molecule has 2 heterocycles. The monoisotopic (exact) mass is 1540 g/mol. The van der Waals surface area contributed by atoms with Gasteiger partial charge in [-0.1, -0.05) is 121 Å². The number of likely N-dealkylation sites (tertiary alicyclic amines) is 1. The van der Waals surface area contributed by atoms with Gasteiger partial charge in [0.25, 0.3) is 5.91 Å². The van der Waals surface area contributed by atoms with Crippen molar-refractivity contribution in [3.63, 3.8) is 0 Å². The molecular weight excluding hydrogens is 1450 g/mol. The third-order valence-electron chi connectivity index (χ3n) is 20.6. The van der Waals surface area contributed by atoms with E-state index < -0.39 is 143 Å². The molecule has 0 radical (unpaired) electrons. The summed E-state index contributed by atoms with van der Waals surface area (Å²) < 4.78 is 59.3. The van der Waals surface area contributed by atoms with E-state index in [9.17, 15) is 34.2 Å². The van der Waals surface area contributed by atoms with Crippen LogP contribution in [0.4, 0.5) is 4.39 Å². The molecule has 1 aliphatic heterocycles. The van der Waals surface area contributed by atoms with Crippen LogP contribution in [0.25, 0.3) is 0 Å². The van der Waals surface area contributed by atoms with E-state index in [1.54, 1.807) is 104 Å². The number of methoxy groups -OCH3 is 1. The minimum Gasteiger partial charge on any atom is -0.496 e. The highest BCUT2D eigenvalue weighted by Gasteiger charge is 2.73. The number of ether oxygens (including phenoxy) is 7. The zero-order chi connectivity index (χ0) is 77.6. The average Bonchev–Trinajstić information content (AvgIpc) is 0.714. The number of fused-ring (bicyclic) bond motifs is 3. The van der Waals surface area contributed by atoms with Gasteiger partial charge in [-0.25, -0.2) is 23.8 Å². The number of nitrogens with one attached hydrogen (secondary N) is 2. The number of aliphatic imine (C=N–C) groups is 1. The van der Waals surface area contributed by atoms with Crippen molar-refractivity contribution in [2.24, 2.45) is 21.7 Å². The van der Waals surface area contributed by atoms with E-state index in [-0.39, 0.29) is 103 Å². The van der Waals surface area contributed by atoms with E-state index in [0.29, 0.717) is 29.2 Å². The third kappa shape index (κ3) is 18.3. The first kappa shape index (κ1) is 81.2. The van der Waals surface area contributed by atoms with Crippen molar-refractivity contribution in [3.8, 4) is 5.75 Å². The van der Waals surface area contributed by atoms with Gasteiger partial charge in [-0.3, -0.25) is 33.8 Å². The summed E-state index contributed by atoms with van der Waals surface area (Å²) in [5, 5.41) is 34.0. The van der Waals surface area contributed by atoms with Crippen molar-refractivity contribution < 1.29 is 90.9 Å². The van der Waals surface area contributed by atoms with Gasteiger partial charge < -0.3 is 58.9 Å². The van der Waals surface area contributed by atoms with Crippen molar-refractivity contribution in [1.29, 1.82) is 0 Å². The van der Waals surface area contributed by atoms with Crippen molar-refractivity contribution >= 4 is 92.3 Å². The van der Waals surface area contributed by atoms with Crippen LogP contribution in [-0.4, -0.2) is 172 Å². The van der Waals surface area contributed by atoms with Crippen LogP contribution in [0.3, 0.4) is 0 Å². The highest BCUT2D eigenvalue weighted by Crippen LogP contribution is 2.61. The standard InChI is InChI=1S/C81H89ClFN5O18S2/c1-9-101-60-45-62(91)80(7)66(69(60)102-48(3)89)73(106-76(96)53-28-17-12-18-29-53)81(99)46-61(47(2)65(79(81,5)6)70(72(80)93)103-49(4)90)104-78(98)71(68(50-24-13-10-14-25-50)87-74(94)52-26-15-11-16-27-52)105-77(97)58-31-23-42-88(58)75(95)57(30-19-21-40-84-63(92)39-43-107-108-64-32-20-22-41-85-64)86-67(51-33-35-54(82)36-34-51)56-44-55(83)37-38-59(56)100-8/h10-18,20,22,24-29,32-38,41,44,57-58,60-62,66,68-71,73,91,99H,9,19,21,23,30-31,39-40,42-43,45-46H2,1-8H3,(H,84,92)(H,87,94)/b86-67+/t57-,58?,60-,61+,62+,66+,68+,69+,70-,71-,73+,80-,81+/m1/s1. The number of unbranched alkanes of at least 4 members (excludes halogenated alkanes) is 1. The molecule has 1 aromatic heterocycles. The van der Waals surface area contributed by atoms with Crippen LogP contribution >= 0.6 is 33.2 Å². The number of halogens is 2. The molecule has 3 aliphatic carbocycles. The number of pyridine rings is 1. The Hall–Kier alpha value is -9.31. The van der Waals surface area contributed by atoms with Gasteiger partial charge in [0.2, 0.25) is 17.9 Å². The summed E-state index contributed by atoms with van der Waals surface area (Å²) in [5.41, 5.74) is -5.67. The number of hydrogen-bond acceptors (Lipinski definition) is 22. The molecule has 5 aromatic carbocycles. The molecule has 27 heteroatoms. The fourth-order valence-electron chi connectivity index (χ4n) is 15.1. The van der Waals surface area contributed by atoms with Gasteiger partial charge >= 0.3 is 29.8 Å². The second-order valence-electron chi connectivity index (χ2n) is 27.7. The quantitative estimate of drug-likeness (QED) is 0.00847. The first-order chi connectivity index (χ1) is 51.7. The first-order valence-corrected chi connectivity index (χ1v) is 38.5. The number of Topliss-reactive ketones (excluding diaryl/α,β-unsaturated/α-hetero) is 1. The number of nitrogens with zero attached hydrogens (tertiary/aromatic N) is 3. The number of hydrogen-bond donors (Lipinski definition) is 4. The first-order valence-electron chi connectivity index (χ1n) is 35.9. The highest BCUT2D eigenvalue weighted by molar-refractivity contribution is 8.76. The summed E-state index contributed by atoms with van der Waals surface area (Å²) in [6, 6.07) is 35.3. The fraction of sp³-hybridized carbons (Fsp3) is 0.420. The van der Waals surface area contributed by atoms with Crippen molar-refractivity contribution in [2.75, 3.05) is 32.6 Å². The van der Waals surface area contributed by atoms with Crippen molar-refractivity contribution in [3.05, 3.63) is 208 Å². The Morgan fingerprint density at radius 1 is 0.815 bits per heavy atom. The summed E-state index contributed by atoms with van der Waals surface area (Å²) >= 11 is 6.41. The van der Waals surface area contributed by atoms with Gasteiger partial charge in [-0.2, -0.15) is 0 Å². The summed E-state index contributed by atoms with van der Waals surface area (Å²) in [4.78, 5) is 144. The number of esters is 5. The number of rotatable bonds is 29. The SMILES string of the molecule is CCO[C@@H]1C[C@H](O)[C@@]2(C)C(=O)[C@H](OC(C)=O)C3=C(C)[C@@H](OC(=O)[C@H](OC(=O)C4CCCN4C(=O)[C@@H](CCCCNC(=O)CCSSc4ccccn4)/N=C(\c4ccc(Cl)cc4)c4cc(F)ccc4OC)[C@@H](NC(=O)c4ccccc4)c4ccccc4)C[C@](O)([C@@H](OC(=O)c4ccccc4)[C@@H]2[C@H]1OC(C)=O)C3(C)C. The maximum absolute atomic E-state index is 16.2. The molecule has 2 bridgehead atoms. The van der Waals surface area contributed by atoms with Gasteiger partial charge in [0.1, 0.15) is 58.6 Å². The van der Waals surface area contributed by atoms with Gasteiger partial charge in [-0.15, -0.1) is 0 Å².